The highest BCUT2D eigenvalue weighted by atomic mass is 32.1. The van der Waals surface area contributed by atoms with Crippen LogP contribution in [0.1, 0.15) is 27.7 Å². The molecule has 0 radical (unpaired) electrons. The van der Waals surface area contributed by atoms with Crippen LogP contribution in [0.4, 0.5) is 0 Å². The fourth-order valence-corrected chi connectivity index (χ4v) is 1.59. The monoisotopic (exact) mass is 275 g/mol. The summed E-state index contributed by atoms with van der Waals surface area (Å²) >= 11 is 1.03. The minimum Gasteiger partial charge on any atom is -0.473 e. The van der Waals surface area contributed by atoms with E-state index in [1.54, 1.807) is 0 Å². The fraction of sp³-hybridized carbons (Fsp3) is 0.818. The summed E-state index contributed by atoms with van der Waals surface area (Å²) in [5.74, 6) is 0.732. The molecule has 1 aromatic heterocycles. The van der Waals surface area contributed by atoms with Gasteiger partial charge in [-0.2, -0.15) is 0 Å². The number of nitrogens with one attached hydrogen (secondary N) is 1. The minimum atomic E-state index is -0.597. The minimum absolute atomic E-state index is 0.0281. The van der Waals surface area contributed by atoms with E-state index in [0.717, 1.165) is 11.7 Å². The summed E-state index contributed by atoms with van der Waals surface area (Å²) in [6, 6.07) is 0. The van der Waals surface area contributed by atoms with Crippen LogP contribution >= 0.6 is 11.7 Å². The zero-order chi connectivity index (χ0) is 13.6. The molecule has 0 saturated heterocycles. The third-order valence-corrected chi connectivity index (χ3v) is 2.49. The number of hydrogen-bond donors (Lipinski definition) is 2. The lowest BCUT2D eigenvalue weighted by Gasteiger charge is -2.22. The molecule has 2 N–H and O–H groups in total. The fourth-order valence-electron chi connectivity index (χ4n) is 1.14. The third kappa shape index (κ3) is 5.61. The molecule has 1 rings (SSSR count). The highest BCUT2D eigenvalue weighted by Crippen LogP contribution is 2.23. The topological polar surface area (TPSA) is 76.5 Å². The Morgan fingerprint density at radius 1 is 1.28 bits per heavy atom. The average Bonchev–Trinajstić information content (AvgIpc) is 2.71. The van der Waals surface area contributed by atoms with Crippen molar-refractivity contribution < 1.29 is 14.6 Å². The van der Waals surface area contributed by atoms with Gasteiger partial charge in [0.25, 0.3) is 11.8 Å². The van der Waals surface area contributed by atoms with E-state index in [1.165, 1.54) is 0 Å². The second-order valence-electron chi connectivity index (χ2n) is 4.90. The number of ether oxygens (including phenoxy) is 2. The molecule has 0 aliphatic rings. The molecule has 1 aromatic rings. The molecular weight excluding hydrogens is 254 g/mol. The molecule has 1 unspecified atom stereocenters. The number of rotatable bonds is 7. The largest absolute Gasteiger partial charge is 0.473 e. The summed E-state index contributed by atoms with van der Waals surface area (Å²) in [6.07, 6.45) is -0.597. The smallest absolute Gasteiger partial charge is 0.291 e. The first-order chi connectivity index (χ1) is 8.42. The maximum absolute atomic E-state index is 9.76. The summed E-state index contributed by atoms with van der Waals surface area (Å²) in [7, 11) is 0. The number of β-amino-alcohol motifs (C(OH)–C–C–N with tert-alkyl or cyclic N) is 1. The lowest BCUT2D eigenvalue weighted by atomic mass is 10.1. The number of aliphatic hydroxyl groups excluding tert-OH is 1. The van der Waals surface area contributed by atoms with Gasteiger partial charge in [0.15, 0.2) is 0 Å². The van der Waals surface area contributed by atoms with Gasteiger partial charge in [0.2, 0.25) is 0 Å². The molecule has 104 valence electrons. The molecule has 0 saturated carbocycles. The van der Waals surface area contributed by atoms with Crippen LogP contribution in [-0.4, -0.2) is 45.3 Å². The van der Waals surface area contributed by atoms with Gasteiger partial charge in [-0.1, -0.05) is 0 Å². The molecule has 0 fully saturated rings. The first-order valence-electron chi connectivity index (χ1n) is 5.93. The van der Waals surface area contributed by atoms with Crippen molar-refractivity contribution in [2.75, 3.05) is 19.8 Å². The molecule has 0 aliphatic heterocycles. The number of hydrogen-bond acceptors (Lipinski definition) is 7. The molecule has 1 heterocycles. The van der Waals surface area contributed by atoms with Crippen LogP contribution in [0.2, 0.25) is 0 Å². The second kappa shape index (κ2) is 6.86. The van der Waals surface area contributed by atoms with Crippen LogP contribution in [0.3, 0.4) is 0 Å². The Morgan fingerprint density at radius 2 is 1.89 bits per heavy atom. The van der Waals surface area contributed by atoms with Crippen LogP contribution in [-0.2, 0) is 0 Å². The van der Waals surface area contributed by atoms with E-state index in [2.05, 4.69) is 14.1 Å². The van der Waals surface area contributed by atoms with Gasteiger partial charge >= 0.3 is 0 Å². The second-order valence-corrected chi connectivity index (χ2v) is 5.43. The van der Waals surface area contributed by atoms with E-state index in [-0.39, 0.29) is 12.1 Å². The molecule has 6 nitrogen and oxygen atoms in total. The van der Waals surface area contributed by atoms with Gasteiger partial charge in [-0.05, 0) is 27.7 Å². The molecular formula is C11H21N3O3S. The Hall–Kier alpha value is -0.920. The van der Waals surface area contributed by atoms with Crippen molar-refractivity contribution in [3.63, 3.8) is 0 Å². The zero-order valence-corrected chi connectivity index (χ0v) is 12.1. The van der Waals surface area contributed by atoms with Gasteiger partial charge in [0.05, 0.1) is 18.3 Å². The Kier molecular flexibility index (Phi) is 5.77. The summed E-state index contributed by atoms with van der Waals surface area (Å²) in [5.41, 5.74) is -0.0281. The molecule has 0 amide bonds. The maximum atomic E-state index is 9.76. The Balaban J connectivity index is 2.33. The van der Waals surface area contributed by atoms with Crippen molar-refractivity contribution >= 4 is 11.7 Å². The van der Waals surface area contributed by atoms with E-state index in [9.17, 15) is 5.11 Å². The van der Waals surface area contributed by atoms with E-state index in [1.807, 2.05) is 27.7 Å². The number of aliphatic hydroxyl groups is 1. The van der Waals surface area contributed by atoms with Crippen LogP contribution in [0.15, 0.2) is 0 Å². The van der Waals surface area contributed by atoms with Crippen LogP contribution in [0, 0.1) is 0 Å². The van der Waals surface area contributed by atoms with Crippen molar-refractivity contribution in [2.24, 2.45) is 0 Å². The molecule has 18 heavy (non-hydrogen) atoms. The highest BCUT2D eigenvalue weighted by Gasteiger charge is 2.15. The van der Waals surface area contributed by atoms with Crippen LogP contribution in [0.5, 0.6) is 11.8 Å². The van der Waals surface area contributed by atoms with Gasteiger partial charge in [-0.15, -0.1) is 8.75 Å². The summed E-state index contributed by atoms with van der Waals surface area (Å²) < 4.78 is 18.5. The van der Waals surface area contributed by atoms with Crippen LogP contribution < -0.4 is 14.8 Å². The average molecular weight is 275 g/mol. The van der Waals surface area contributed by atoms with Gasteiger partial charge in [-0.3, -0.25) is 0 Å². The van der Waals surface area contributed by atoms with Gasteiger partial charge in [0, 0.05) is 12.1 Å². The predicted octanol–water partition coefficient (Wildman–Crippen LogP) is 1.06. The Bertz CT molecular complexity index is 352. The number of aromatic nitrogens is 2. The Labute approximate surface area is 112 Å². The van der Waals surface area contributed by atoms with Crippen LogP contribution in [0.25, 0.3) is 0 Å². The molecule has 1 atom stereocenters. The molecule has 0 aromatic carbocycles. The van der Waals surface area contributed by atoms with Crippen molar-refractivity contribution in [1.29, 1.82) is 0 Å². The van der Waals surface area contributed by atoms with E-state index < -0.39 is 6.10 Å². The lowest BCUT2D eigenvalue weighted by molar-refractivity contribution is 0.0959. The normalized spacial score (nSPS) is 13.4. The van der Waals surface area contributed by atoms with Gasteiger partial charge < -0.3 is 19.9 Å². The molecule has 0 bridgehead atoms. The summed E-state index contributed by atoms with van der Waals surface area (Å²) in [6.45, 7) is 9.12. The SMILES string of the molecule is CCOc1nsnc1OCC(O)CNC(C)(C)C. The highest BCUT2D eigenvalue weighted by molar-refractivity contribution is 6.99. The Morgan fingerprint density at radius 3 is 2.44 bits per heavy atom. The standard InChI is InChI=1S/C11H21N3O3S/c1-5-16-9-10(14-18-13-9)17-7-8(15)6-12-11(2,3)4/h8,12,15H,5-7H2,1-4H3. The third-order valence-electron chi connectivity index (χ3n) is 1.99. The summed E-state index contributed by atoms with van der Waals surface area (Å²) in [4.78, 5) is 0. The van der Waals surface area contributed by atoms with Crippen molar-refractivity contribution in [3.8, 4) is 11.8 Å². The van der Waals surface area contributed by atoms with Crippen molar-refractivity contribution in [3.05, 3.63) is 0 Å². The van der Waals surface area contributed by atoms with Gasteiger partial charge in [0.1, 0.15) is 12.7 Å². The first-order valence-corrected chi connectivity index (χ1v) is 6.66. The van der Waals surface area contributed by atoms with Crippen molar-refractivity contribution in [2.45, 2.75) is 39.3 Å². The van der Waals surface area contributed by atoms with Gasteiger partial charge in [-0.25, -0.2) is 0 Å². The number of nitrogens with zero attached hydrogens (tertiary/aromatic N) is 2. The molecule has 0 aliphatic carbocycles. The predicted molar refractivity (Wildman–Crippen MR) is 70.3 cm³/mol. The molecule has 0 spiro atoms. The first kappa shape index (κ1) is 15.1. The van der Waals surface area contributed by atoms with E-state index >= 15 is 0 Å². The quantitative estimate of drug-likeness (QED) is 0.775. The van der Waals surface area contributed by atoms with E-state index in [0.29, 0.717) is 24.9 Å². The van der Waals surface area contributed by atoms with E-state index in [4.69, 9.17) is 9.47 Å². The lowest BCUT2D eigenvalue weighted by Crippen LogP contribution is -2.42. The maximum Gasteiger partial charge on any atom is 0.291 e. The molecule has 7 heteroatoms. The summed E-state index contributed by atoms with van der Waals surface area (Å²) in [5, 5.41) is 13.0. The van der Waals surface area contributed by atoms with Crippen molar-refractivity contribution in [1.82, 2.24) is 14.1 Å². The zero-order valence-electron chi connectivity index (χ0n) is 11.3.